The lowest BCUT2D eigenvalue weighted by atomic mass is 9.87. The van der Waals surface area contributed by atoms with Gasteiger partial charge >= 0.3 is 0 Å². The van der Waals surface area contributed by atoms with Gasteiger partial charge in [-0.2, -0.15) is 0 Å². The van der Waals surface area contributed by atoms with Gasteiger partial charge in [0, 0.05) is 42.5 Å². The number of likely N-dealkylation sites (N-methyl/N-ethyl adjacent to an activating group) is 2. The van der Waals surface area contributed by atoms with Gasteiger partial charge in [0.15, 0.2) is 40.3 Å². The third-order valence-corrected chi connectivity index (χ3v) is 12.0. The summed E-state index contributed by atoms with van der Waals surface area (Å²) in [6, 6.07) is 21.1. The van der Waals surface area contributed by atoms with E-state index in [2.05, 4.69) is 71.3 Å². The summed E-state index contributed by atoms with van der Waals surface area (Å²) in [6.45, 7) is 2.26. The van der Waals surface area contributed by atoms with E-state index < -0.39 is 0 Å². The third kappa shape index (κ3) is 7.68. The van der Waals surface area contributed by atoms with E-state index in [0.29, 0.717) is 71.8 Å². The van der Waals surface area contributed by atoms with Crippen LogP contribution in [-0.4, -0.2) is 75.7 Å². The van der Waals surface area contributed by atoms with E-state index in [9.17, 15) is 4.79 Å². The molecule has 0 radical (unpaired) electrons. The first kappa shape index (κ1) is 37.8. The molecule has 4 aromatic carbocycles. The number of benzene rings is 4. The number of rotatable bonds is 10. The van der Waals surface area contributed by atoms with Gasteiger partial charge in [-0.25, -0.2) is 4.98 Å². The van der Waals surface area contributed by atoms with Crippen molar-refractivity contribution in [2.45, 2.75) is 57.0 Å². The van der Waals surface area contributed by atoms with E-state index in [1.54, 1.807) is 32.2 Å². The first-order valence-corrected chi connectivity index (χ1v) is 20.3. The molecule has 4 aliphatic rings. The zero-order valence-corrected chi connectivity index (χ0v) is 33.6. The molecule has 0 saturated carbocycles. The number of nitrogens with zero attached hydrogens (tertiary/aromatic N) is 3. The number of ketones is 1. The fourth-order valence-corrected chi connectivity index (χ4v) is 8.83. The van der Waals surface area contributed by atoms with E-state index in [0.717, 1.165) is 61.2 Å². The molecule has 0 fully saturated rings. The molecule has 56 heavy (non-hydrogen) atoms. The number of hydrogen-bond donors (Lipinski definition) is 0. The van der Waals surface area contributed by atoms with Gasteiger partial charge < -0.3 is 28.4 Å². The topological polar surface area (TPSA) is 91.8 Å². The summed E-state index contributed by atoms with van der Waals surface area (Å²) in [5.41, 5.74) is 9.24. The van der Waals surface area contributed by atoms with Crippen LogP contribution < -0.4 is 28.4 Å². The lowest BCUT2D eigenvalue weighted by Gasteiger charge is -2.37. The predicted molar refractivity (Wildman–Crippen MR) is 217 cm³/mol. The molecule has 0 spiro atoms. The highest BCUT2D eigenvalue weighted by molar-refractivity contribution is 7.07. The van der Waals surface area contributed by atoms with Crippen LogP contribution in [0, 0.1) is 0 Å². The molecular weight excluding hydrogens is 727 g/mol. The van der Waals surface area contributed by atoms with Gasteiger partial charge in [-0.1, -0.05) is 18.2 Å². The van der Waals surface area contributed by atoms with Crippen LogP contribution >= 0.6 is 11.3 Å². The minimum absolute atomic E-state index is 0.0518. The average molecular weight is 776 g/mol. The molecule has 2 unspecified atom stereocenters. The van der Waals surface area contributed by atoms with Crippen molar-refractivity contribution >= 4 is 17.1 Å². The fraction of sp³-hybridized carbons (Fsp3) is 0.378. The first-order chi connectivity index (χ1) is 27.3. The standard InChI is InChI=1S/C45H49N3O7S/c1-47-17-15-30-23-39(50-3)41-25-33(30)35(47)20-28-9-12-32(13-10-28)54-40-22-29(11-14-38(40)53-19-7-6-8-37(49)34-26-56-27-46-34)21-36-43-31(16-18-48(36)2)24-42(51-4)44(52-5)45(43)55-41/h9-14,22-27,35-36H,6-8,15-21H2,1-5H3. The van der Waals surface area contributed by atoms with Crippen LogP contribution in [0.15, 0.2) is 71.6 Å². The van der Waals surface area contributed by atoms with Crippen molar-refractivity contribution in [3.05, 3.63) is 111 Å². The predicted octanol–water partition coefficient (Wildman–Crippen LogP) is 9.04. The summed E-state index contributed by atoms with van der Waals surface area (Å²) in [6.07, 6.45) is 5.13. The molecule has 1 aromatic heterocycles. The summed E-state index contributed by atoms with van der Waals surface area (Å²) < 4.78 is 38.1. The smallest absolute Gasteiger partial charge is 0.204 e. The highest BCUT2D eigenvalue weighted by atomic mass is 32.1. The lowest BCUT2D eigenvalue weighted by molar-refractivity contribution is 0.0973. The van der Waals surface area contributed by atoms with Crippen molar-refractivity contribution in [2.24, 2.45) is 0 Å². The number of ether oxygens (including phenoxy) is 6. The number of aromatic nitrogens is 1. The Morgan fingerprint density at radius 2 is 1.50 bits per heavy atom. The molecule has 0 aliphatic carbocycles. The van der Waals surface area contributed by atoms with E-state index in [-0.39, 0.29) is 17.9 Å². The van der Waals surface area contributed by atoms with Crippen molar-refractivity contribution in [3.63, 3.8) is 0 Å². The second-order valence-electron chi connectivity index (χ2n) is 14.8. The van der Waals surface area contributed by atoms with E-state index >= 15 is 0 Å². The Balaban J connectivity index is 1.19. The summed E-state index contributed by atoms with van der Waals surface area (Å²) in [7, 11) is 9.39. The Labute approximate surface area is 332 Å². The van der Waals surface area contributed by atoms with Crippen molar-refractivity contribution in [3.8, 4) is 46.0 Å². The molecule has 292 valence electrons. The van der Waals surface area contributed by atoms with Crippen LogP contribution in [0.25, 0.3) is 0 Å². The molecule has 10 nitrogen and oxygen atoms in total. The second kappa shape index (κ2) is 16.6. The minimum atomic E-state index is -0.0518. The zero-order valence-electron chi connectivity index (χ0n) is 32.8. The summed E-state index contributed by atoms with van der Waals surface area (Å²) in [5.74, 6) is 5.27. The normalized spacial score (nSPS) is 17.8. The molecule has 9 rings (SSSR count). The van der Waals surface area contributed by atoms with Crippen LogP contribution in [0.4, 0.5) is 0 Å². The van der Waals surface area contributed by atoms with Gasteiger partial charge in [-0.15, -0.1) is 11.3 Å². The zero-order chi connectivity index (χ0) is 38.8. The molecule has 0 amide bonds. The Morgan fingerprint density at radius 1 is 0.786 bits per heavy atom. The molecule has 4 aliphatic heterocycles. The van der Waals surface area contributed by atoms with Crippen LogP contribution in [-0.2, 0) is 25.7 Å². The first-order valence-electron chi connectivity index (χ1n) is 19.3. The summed E-state index contributed by atoms with van der Waals surface area (Å²) in [4.78, 5) is 21.4. The van der Waals surface area contributed by atoms with Crippen LogP contribution in [0.2, 0.25) is 0 Å². The van der Waals surface area contributed by atoms with Gasteiger partial charge in [0.2, 0.25) is 5.75 Å². The van der Waals surface area contributed by atoms with Gasteiger partial charge in [0.25, 0.3) is 0 Å². The number of thiazole rings is 1. The number of hydrogen-bond acceptors (Lipinski definition) is 11. The van der Waals surface area contributed by atoms with Crippen molar-refractivity contribution < 1.29 is 33.2 Å². The number of unbranched alkanes of at least 4 members (excludes halogenated alkanes) is 1. The maximum absolute atomic E-state index is 12.5. The quantitative estimate of drug-likeness (QED) is 0.101. The van der Waals surface area contributed by atoms with Crippen molar-refractivity contribution in [2.75, 3.05) is 55.1 Å². The Morgan fingerprint density at radius 3 is 2.25 bits per heavy atom. The fourth-order valence-electron chi connectivity index (χ4n) is 8.27. The molecular formula is C45H49N3O7S. The SMILES string of the molecule is COc1cc2c3cc1Oc1c(OC)c(OC)cc4c1C(Cc1ccc(OCCCCC(=O)c5cscn5)c(c1)Oc1ccc(cc1)CC3N(C)CC2)N(C)CC4. The van der Waals surface area contributed by atoms with Crippen molar-refractivity contribution in [1.82, 2.24) is 14.8 Å². The van der Waals surface area contributed by atoms with E-state index in [1.807, 2.05) is 18.2 Å². The second-order valence-corrected chi connectivity index (χ2v) is 15.6. The minimum Gasteiger partial charge on any atom is -0.493 e. The Hall–Kier alpha value is -5.10. The highest BCUT2D eigenvalue weighted by Crippen LogP contribution is 2.52. The van der Waals surface area contributed by atoms with Gasteiger partial charge in [0.1, 0.15) is 11.4 Å². The summed E-state index contributed by atoms with van der Waals surface area (Å²) in [5, 5.41) is 1.80. The molecule has 0 saturated heterocycles. The molecule has 5 aromatic rings. The molecule has 5 heterocycles. The highest BCUT2D eigenvalue weighted by Gasteiger charge is 2.35. The van der Waals surface area contributed by atoms with E-state index in [4.69, 9.17) is 28.4 Å². The Kier molecular flexibility index (Phi) is 11.2. The average Bonchev–Trinajstić information content (AvgIpc) is 3.76. The number of methoxy groups -OCH3 is 3. The Bertz CT molecular complexity index is 2190. The maximum Gasteiger partial charge on any atom is 0.204 e. The van der Waals surface area contributed by atoms with Gasteiger partial charge in [-0.3, -0.25) is 14.6 Å². The van der Waals surface area contributed by atoms with Gasteiger partial charge in [-0.05, 0) is 123 Å². The van der Waals surface area contributed by atoms with Crippen LogP contribution in [0.3, 0.4) is 0 Å². The monoisotopic (exact) mass is 775 g/mol. The maximum atomic E-state index is 12.5. The third-order valence-electron chi connectivity index (χ3n) is 11.4. The molecule has 6 bridgehead atoms. The molecule has 11 heteroatoms. The van der Waals surface area contributed by atoms with Crippen LogP contribution in [0.1, 0.15) is 75.2 Å². The van der Waals surface area contributed by atoms with Crippen LogP contribution in [0.5, 0.6) is 46.0 Å². The van der Waals surface area contributed by atoms with Crippen molar-refractivity contribution in [1.29, 1.82) is 0 Å². The van der Waals surface area contributed by atoms with E-state index in [1.165, 1.54) is 28.0 Å². The summed E-state index contributed by atoms with van der Waals surface area (Å²) >= 11 is 1.44. The number of carbonyl (C=O) groups is 1. The van der Waals surface area contributed by atoms with Gasteiger partial charge in [0.05, 0.1) is 33.4 Å². The number of carbonyl (C=O) groups excluding carboxylic acids is 1. The number of fused-ring (bicyclic) bond motifs is 2. The molecule has 2 atom stereocenters. The lowest BCUT2D eigenvalue weighted by Crippen LogP contribution is -2.34. The molecule has 0 N–H and O–H groups in total. The number of Topliss-reactive ketones (excluding diaryl/α,β-unsaturated/α-hetero) is 1. The largest absolute Gasteiger partial charge is 0.493 e.